The molecule has 0 saturated heterocycles. The molecule has 2 aliphatic carbocycles. The monoisotopic (exact) mass is 851 g/mol. The standard InChI is InChI=1S/C64H53NO/c1-5-19-62(44(2)3)66-53-38-34-49(35-39-53)64(48-32-30-45(4)31-33-48)59-29-18-16-27-55(59)57-41-37-52(43-61(57)64)65(50-24-13-8-14-25-50)51-36-40-56-54-26-15-17-28-58(54)63(60(56)42-51,46-20-9-6-10-21-46)47-22-11-7-12-23-47/h5-18,20-44,62H,1,19H2,2-4H3. The predicted molar refractivity (Wildman–Crippen MR) is 275 cm³/mol. The number of ether oxygens (including phenoxy) is 1. The van der Waals surface area contributed by atoms with Gasteiger partial charge in [0.2, 0.25) is 0 Å². The number of hydrogen-bond acceptors (Lipinski definition) is 2. The highest BCUT2D eigenvalue weighted by Crippen LogP contribution is 2.59. The minimum absolute atomic E-state index is 0.0535. The third kappa shape index (κ3) is 6.46. The lowest BCUT2D eigenvalue weighted by Crippen LogP contribution is -2.29. The van der Waals surface area contributed by atoms with Crippen LogP contribution in [0.1, 0.15) is 70.3 Å². The van der Waals surface area contributed by atoms with Gasteiger partial charge in [-0.3, -0.25) is 0 Å². The van der Waals surface area contributed by atoms with E-state index in [4.69, 9.17) is 4.74 Å². The number of fused-ring (bicyclic) bond motifs is 6. The summed E-state index contributed by atoms with van der Waals surface area (Å²) in [7, 11) is 0. The molecule has 0 radical (unpaired) electrons. The Labute approximate surface area is 390 Å². The van der Waals surface area contributed by atoms with Crippen LogP contribution in [0.15, 0.2) is 237 Å². The molecule has 66 heavy (non-hydrogen) atoms. The minimum atomic E-state index is -0.607. The molecule has 2 aliphatic rings. The first kappa shape index (κ1) is 41.1. The van der Waals surface area contributed by atoms with Gasteiger partial charge in [0.1, 0.15) is 11.9 Å². The van der Waals surface area contributed by atoms with Crippen LogP contribution in [0.3, 0.4) is 0 Å². The Bertz CT molecular complexity index is 3150. The van der Waals surface area contributed by atoms with Gasteiger partial charge in [-0.25, -0.2) is 0 Å². The number of nitrogens with zero attached hydrogens (tertiary/aromatic N) is 1. The first-order chi connectivity index (χ1) is 32.4. The van der Waals surface area contributed by atoms with E-state index in [1.54, 1.807) is 0 Å². The highest BCUT2D eigenvalue weighted by molar-refractivity contribution is 5.92. The molecule has 0 saturated carbocycles. The normalized spacial score (nSPS) is 15.6. The van der Waals surface area contributed by atoms with Crippen molar-refractivity contribution in [1.82, 2.24) is 0 Å². The van der Waals surface area contributed by atoms with E-state index in [2.05, 4.69) is 257 Å². The van der Waals surface area contributed by atoms with Gasteiger partial charge in [-0.05, 0) is 128 Å². The van der Waals surface area contributed by atoms with Gasteiger partial charge >= 0.3 is 0 Å². The van der Waals surface area contributed by atoms with E-state index in [9.17, 15) is 0 Å². The van der Waals surface area contributed by atoms with E-state index >= 15 is 0 Å². The van der Waals surface area contributed by atoms with Crippen molar-refractivity contribution in [1.29, 1.82) is 0 Å². The predicted octanol–water partition coefficient (Wildman–Crippen LogP) is 16.2. The third-order valence-corrected chi connectivity index (χ3v) is 14.2. The Balaban J connectivity index is 1.14. The molecule has 2 nitrogen and oxygen atoms in total. The molecule has 2 heteroatoms. The summed E-state index contributed by atoms with van der Waals surface area (Å²) in [5, 5.41) is 0. The Hall–Kier alpha value is -7.68. The number of aryl methyl sites for hydroxylation is 1. The number of hydrogen-bond donors (Lipinski definition) is 0. The summed E-state index contributed by atoms with van der Waals surface area (Å²) in [6, 6.07) is 83.3. The molecule has 0 bridgehead atoms. The first-order valence-electron chi connectivity index (χ1n) is 23.3. The van der Waals surface area contributed by atoms with E-state index in [1.807, 2.05) is 6.08 Å². The van der Waals surface area contributed by atoms with Gasteiger partial charge in [0.05, 0.1) is 10.8 Å². The average Bonchev–Trinajstić information content (AvgIpc) is 3.83. The molecule has 320 valence electrons. The van der Waals surface area contributed by atoms with Crippen molar-refractivity contribution >= 4 is 17.1 Å². The summed E-state index contributed by atoms with van der Waals surface area (Å²) in [5.74, 6) is 1.23. The van der Waals surface area contributed by atoms with Crippen LogP contribution in [0.4, 0.5) is 17.1 Å². The van der Waals surface area contributed by atoms with Crippen molar-refractivity contribution in [3.63, 3.8) is 0 Å². The molecule has 9 aromatic carbocycles. The van der Waals surface area contributed by atoms with E-state index < -0.39 is 10.8 Å². The van der Waals surface area contributed by atoms with Gasteiger partial charge in [-0.15, -0.1) is 6.58 Å². The van der Waals surface area contributed by atoms with E-state index in [0.29, 0.717) is 5.92 Å². The lowest BCUT2D eigenvalue weighted by Gasteiger charge is -2.36. The van der Waals surface area contributed by atoms with Crippen molar-refractivity contribution in [3.05, 3.63) is 287 Å². The second-order valence-electron chi connectivity index (χ2n) is 18.3. The van der Waals surface area contributed by atoms with Crippen LogP contribution in [-0.2, 0) is 10.8 Å². The molecule has 0 aromatic heterocycles. The van der Waals surface area contributed by atoms with Gasteiger partial charge in [-0.2, -0.15) is 0 Å². The van der Waals surface area contributed by atoms with Crippen molar-refractivity contribution < 1.29 is 4.74 Å². The van der Waals surface area contributed by atoms with Gasteiger partial charge in [-0.1, -0.05) is 201 Å². The van der Waals surface area contributed by atoms with Crippen LogP contribution in [0.25, 0.3) is 22.3 Å². The fourth-order valence-electron chi connectivity index (χ4n) is 11.2. The van der Waals surface area contributed by atoms with E-state index in [-0.39, 0.29) is 6.10 Å². The third-order valence-electron chi connectivity index (χ3n) is 14.2. The highest BCUT2D eigenvalue weighted by Gasteiger charge is 2.48. The molecule has 9 aromatic rings. The summed E-state index contributed by atoms with van der Waals surface area (Å²) < 4.78 is 6.62. The molecular weight excluding hydrogens is 799 g/mol. The molecule has 0 aliphatic heterocycles. The molecule has 2 atom stereocenters. The summed E-state index contributed by atoms with van der Waals surface area (Å²) in [6.45, 7) is 10.6. The van der Waals surface area contributed by atoms with Crippen molar-refractivity contribution in [2.24, 2.45) is 5.92 Å². The van der Waals surface area contributed by atoms with E-state index in [0.717, 1.165) is 29.2 Å². The van der Waals surface area contributed by atoms with Gasteiger partial charge < -0.3 is 9.64 Å². The smallest absolute Gasteiger partial charge is 0.119 e. The van der Waals surface area contributed by atoms with Gasteiger partial charge in [0, 0.05) is 23.5 Å². The molecule has 0 fully saturated rings. The SMILES string of the molecule is C=CCC(Oc1ccc(C2(c3ccc(C)cc3)c3ccccc3-c3ccc(N(c4ccccc4)c4ccc5c(c4)C(c4ccccc4)(c4ccccc4)c4ccccc4-5)cc32)cc1)C(C)C. The first-order valence-corrected chi connectivity index (χ1v) is 23.3. The average molecular weight is 852 g/mol. The minimum Gasteiger partial charge on any atom is -0.490 e. The maximum atomic E-state index is 6.62. The largest absolute Gasteiger partial charge is 0.490 e. The fourth-order valence-corrected chi connectivity index (χ4v) is 11.2. The molecule has 0 N–H and O–H groups in total. The lowest BCUT2D eigenvalue weighted by molar-refractivity contribution is 0.154. The van der Waals surface area contributed by atoms with Gasteiger partial charge in [0.15, 0.2) is 0 Å². The van der Waals surface area contributed by atoms with Gasteiger partial charge in [0.25, 0.3) is 0 Å². The Morgan fingerprint density at radius 1 is 0.439 bits per heavy atom. The van der Waals surface area contributed by atoms with Crippen LogP contribution >= 0.6 is 0 Å². The summed E-state index contributed by atoms with van der Waals surface area (Å²) in [4.78, 5) is 2.45. The molecule has 0 amide bonds. The van der Waals surface area contributed by atoms with Crippen molar-refractivity contribution in [2.75, 3.05) is 4.90 Å². The summed E-state index contributed by atoms with van der Waals surface area (Å²) >= 11 is 0. The number of benzene rings is 9. The molecule has 2 unspecified atom stereocenters. The summed E-state index contributed by atoms with van der Waals surface area (Å²) in [6.07, 6.45) is 2.81. The number of rotatable bonds is 12. The zero-order chi connectivity index (χ0) is 44.8. The second-order valence-corrected chi connectivity index (χ2v) is 18.3. The molecule has 0 spiro atoms. The van der Waals surface area contributed by atoms with Crippen molar-refractivity contribution in [2.45, 2.75) is 44.1 Å². The van der Waals surface area contributed by atoms with Crippen LogP contribution in [0.2, 0.25) is 0 Å². The van der Waals surface area contributed by atoms with Crippen molar-refractivity contribution in [3.8, 4) is 28.0 Å². The van der Waals surface area contributed by atoms with E-state index in [1.165, 1.54) is 72.3 Å². The molecular formula is C64H53NO. The van der Waals surface area contributed by atoms with Crippen LogP contribution in [0, 0.1) is 12.8 Å². The number of anilines is 3. The van der Waals surface area contributed by atoms with Crippen LogP contribution in [0.5, 0.6) is 5.75 Å². The second kappa shape index (κ2) is 16.7. The highest BCUT2D eigenvalue weighted by atomic mass is 16.5. The lowest BCUT2D eigenvalue weighted by atomic mass is 9.67. The number of para-hydroxylation sites is 1. The Morgan fingerprint density at radius 2 is 0.848 bits per heavy atom. The zero-order valence-corrected chi connectivity index (χ0v) is 37.9. The topological polar surface area (TPSA) is 12.5 Å². The van der Waals surface area contributed by atoms with Crippen LogP contribution < -0.4 is 9.64 Å². The Kier molecular flexibility index (Phi) is 10.4. The fraction of sp³-hybridized carbons (Fsp3) is 0.125. The maximum absolute atomic E-state index is 6.62. The molecule has 11 rings (SSSR count). The summed E-state index contributed by atoms with van der Waals surface area (Å²) in [5.41, 5.74) is 18.4. The van der Waals surface area contributed by atoms with Crippen LogP contribution in [-0.4, -0.2) is 6.10 Å². The zero-order valence-electron chi connectivity index (χ0n) is 37.9. The quantitative estimate of drug-likeness (QED) is 0.114. The molecule has 0 heterocycles. The Morgan fingerprint density at radius 3 is 1.32 bits per heavy atom. The maximum Gasteiger partial charge on any atom is 0.119 e.